The van der Waals surface area contributed by atoms with Crippen molar-refractivity contribution in [2.75, 3.05) is 6.54 Å². The first-order valence-corrected chi connectivity index (χ1v) is 5.54. The van der Waals surface area contributed by atoms with Gasteiger partial charge in [0.05, 0.1) is 11.3 Å². The molecule has 4 heteroatoms. The Kier molecular flexibility index (Phi) is 4.28. The fourth-order valence-electron chi connectivity index (χ4n) is 1.70. The Morgan fingerprint density at radius 3 is 2.62 bits per heavy atom. The second-order valence-corrected chi connectivity index (χ2v) is 3.89. The highest BCUT2D eigenvalue weighted by molar-refractivity contribution is 5.99. The number of aromatic amines is 1. The number of hydrogen-bond donors (Lipinski definition) is 2. The van der Waals surface area contributed by atoms with Crippen LogP contribution in [-0.2, 0) is 0 Å². The number of aryl methyl sites for hydroxylation is 1. The number of carbonyl (C=O) groups excluding carboxylic acids is 2. The molecule has 0 fully saturated rings. The minimum absolute atomic E-state index is 0.104. The third kappa shape index (κ3) is 2.51. The fourth-order valence-corrected chi connectivity index (χ4v) is 1.70. The average Bonchev–Trinajstić information content (AvgIpc) is 2.54. The zero-order chi connectivity index (χ0) is 12.1. The van der Waals surface area contributed by atoms with Gasteiger partial charge in [0.15, 0.2) is 6.29 Å². The molecule has 0 radical (unpaired) electrons. The molecule has 1 rings (SSSR count). The van der Waals surface area contributed by atoms with Crippen LogP contribution in [0.4, 0.5) is 0 Å². The molecular formula is C12H18N2O2. The summed E-state index contributed by atoms with van der Waals surface area (Å²) in [5.41, 5.74) is 2.55. The van der Waals surface area contributed by atoms with E-state index >= 15 is 0 Å². The molecule has 0 unspecified atom stereocenters. The van der Waals surface area contributed by atoms with Crippen molar-refractivity contribution in [2.45, 2.75) is 33.6 Å². The van der Waals surface area contributed by atoms with Gasteiger partial charge in [-0.15, -0.1) is 0 Å². The van der Waals surface area contributed by atoms with Gasteiger partial charge in [-0.25, -0.2) is 0 Å². The lowest BCUT2D eigenvalue weighted by Gasteiger charge is -2.04. The first-order valence-electron chi connectivity index (χ1n) is 5.54. The monoisotopic (exact) mass is 222 g/mol. The Hall–Kier alpha value is -1.58. The lowest BCUT2D eigenvalue weighted by molar-refractivity contribution is 0.0952. The maximum atomic E-state index is 11.8. The summed E-state index contributed by atoms with van der Waals surface area (Å²) in [4.78, 5) is 25.5. The molecule has 0 aromatic carbocycles. The number of hydrogen-bond acceptors (Lipinski definition) is 2. The van der Waals surface area contributed by atoms with Crippen molar-refractivity contribution >= 4 is 12.2 Å². The summed E-state index contributed by atoms with van der Waals surface area (Å²) in [5.74, 6) is -0.104. The summed E-state index contributed by atoms with van der Waals surface area (Å²) >= 11 is 0. The molecule has 4 nitrogen and oxygen atoms in total. The summed E-state index contributed by atoms with van der Waals surface area (Å²) in [6.07, 6.45) is 2.75. The Balaban J connectivity index is 2.82. The van der Waals surface area contributed by atoms with E-state index in [1.54, 1.807) is 13.8 Å². The van der Waals surface area contributed by atoms with E-state index in [2.05, 4.69) is 17.2 Å². The van der Waals surface area contributed by atoms with Gasteiger partial charge in [0.1, 0.15) is 0 Å². The normalized spacial score (nSPS) is 10.2. The molecule has 2 N–H and O–H groups in total. The smallest absolute Gasteiger partial charge is 0.253 e. The van der Waals surface area contributed by atoms with E-state index < -0.39 is 0 Å². The number of amides is 1. The minimum Gasteiger partial charge on any atom is -0.356 e. The van der Waals surface area contributed by atoms with Crippen molar-refractivity contribution in [3.8, 4) is 0 Å². The number of H-pyrrole nitrogens is 1. The predicted octanol–water partition coefficient (Wildman–Crippen LogP) is 1.97. The first-order chi connectivity index (χ1) is 7.61. The van der Waals surface area contributed by atoms with Gasteiger partial charge < -0.3 is 10.3 Å². The molecule has 0 spiro atoms. The topological polar surface area (TPSA) is 62.0 Å². The van der Waals surface area contributed by atoms with Crippen molar-refractivity contribution in [3.05, 3.63) is 22.5 Å². The van der Waals surface area contributed by atoms with E-state index in [9.17, 15) is 9.59 Å². The van der Waals surface area contributed by atoms with Crippen LogP contribution in [0.3, 0.4) is 0 Å². The van der Waals surface area contributed by atoms with Crippen LogP contribution in [0.5, 0.6) is 0 Å². The molecule has 1 heterocycles. The molecule has 1 aromatic rings. The maximum absolute atomic E-state index is 11.8. The van der Waals surface area contributed by atoms with Crippen molar-refractivity contribution in [1.82, 2.24) is 10.3 Å². The minimum atomic E-state index is -0.104. The molecule has 88 valence electrons. The molecule has 0 saturated heterocycles. The summed E-state index contributed by atoms with van der Waals surface area (Å²) in [7, 11) is 0. The van der Waals surface area contributed by atoms with Crippen molar-refractivity contribution < 1.29 is 9.59 Å². The summed E-state index contributed by atoms with van der Waals surface area (Å²) in [5, 5.41) is 2.84. The highest BCUT2D eigenvalue weighted by Crippen LogP contribution is 2.16. The molecule has 1 amide bonds. The van der Waals surface area contributed by atoms with Gasteiger partial charge in [0.25, 0.3) is 5.91 Å². The van der Waals surface area contributed by atoms with Gasteiger partial charge in [-0.1, -0.05) is 13.3 Å². The Labute approximate surface area is 95.4 Å². The molecule has 0 aliphatic rings. The summed E-state index contributed by atoms with van der Waals surface area (Å²) < 4.78 is 0. The van der Waals surface area contributed by atoms with Crippen LogP contribution < -0.4 is 5.32 Å². The van der Waals surface area contributed by atoms with E-state index in [1.165, 1.54) is 0 Å². The van der Waals surface area contributed by atoms with Gasteiger partial charge in [-0.3, -0.25) is 9.59 Å². The molecule has 0 saturated carbocycles. The summed E-state index contributed by atoms with van der Waals surface area (Å²) in [6.45, 7) is 6.33. The molecule has 0 aliphatic heterocycles. The second-order valence-electron chi connectivity index (χ2n) is 3.89. The number of rotatable bonds is 5. The van der Waals surface area contributed by atoms with E-state index in [-0.39, 0.29) is 5.91 Å². The zero-order valence-corrected chi connectivity index (χ0v) is 10.0. The van der Waals surface area contributed by atoms with E-state index in [1.807, 2.05) is 0 Å². The molecule has 0 bridgehead atoms. The van der Waals surface area contributed by atoms with Crippen molar-refractivity contribution in [1.29, 1.82) is 0 Å². The highest BCUT2D eigenvalue weighted by Gasteiger charge is 2.16. The Morgan fingerprint density at radius 1 is 1.44 bits per heavy atom. The standard InChI is InChI=1S/C12H18N2O2/c1-4-5-6-13-12(16)11-8(2)10(7-15)14-9(11)3/h7,14H,4-6H2,1-3H3,(H,13,16). The number of aromatic nitrogens is 1. The van der Waals surface area contributed by atoms with Crippen molar-refractivity contribution in [3.63, 3.8) is 0 Å². The van der Waals surface area contributed by atoms with Crippen LogP contribution in [-0.4, -0.2) is 23.7 Å². The maximum Gasteiger partial charge on any atom is 0.253 e. The van der Waals surface area contributed by atoms with Gasteiger partial charge >= 0.3 is 0 Å². The quantitative estimate of drug-likeness (QED) is 0.591. The van der Waals surface area contributed by atoms with Gasteiger partial charge in [-0.2, -0.15) is 0 Å². The molecule has 16 heavy (non-hydrogen) atoms. The molecule has 0 atom stereocenters. The Morgan fingerprint density at radius 2 is 2.12 bits per heavy atom. The number of nitrogens with one attached hydrogen (secondary N) is 2. The van der Waals surface area contributed by atoms with Crippen LogP contribution in [0.15, 0.2) is 0 Å². The van der Waals surface area contributed by atoms with Crippen LogP contribution in [0, 0.1) is 13.8 Å². The van der Waals surface area contributed by atoms with E-state index in [4.69, 9.17) is 0 Å². The van der Waals surface area contributed by atoms with Crippen molar-refractivity contribution in [2.24, 2.45) is 0 Å². The predicted molar refractivity (Wildman–Crippen MR) is 62.9 cm³/mol. The third-order valence-electron chi connectivity index (χ3n) is 2.64. The average molecular weight is 222 g/mol. The second kappa shape index (κ2) is 5.49. The molecule has 1 aromatic heterocycles. The van der Waals surface area contributed by atoms with Crippen LogP contribution in [0.2, 0.25) is 0 Å². The third-order valence-corrected chi connectivity index (χ3v) is 2.64. The molecule has 0 aliphatic carbocycles. The lowest BCUT2D eigenvalue weighted by atomic mass is 10.1. The van der Waals surface area contributed by atoms with Crippen LogP contribution in [0.25, 0.3) is 0 Å². The largest absolute Gasteiger partial charge is 0.356 e. The number of aldehydes is 1. The highest BCUT2D eigenvalue weighted by atomic mass is 16.1. The molecular weight excluding hydrogens is 204 g/mol. The zero-order valence-electron chi connectivity index (χ0n) is 10.0. The summed E-state index contributed by atoms with van der Waals surface area (Å²) in [6, 6.07) is 0. The number of unbranched alkanes of at least 4 members (excludes halogenated alkanes) is 1. The van der Waals surface area contributed by atoms with Crippen LogP contribution in [0.1, 0.15) is 51.9 Å². The van der Waals surface area contributed by atoms with Gasteiger partial charge in [0.2, 0.25) is 0 Å². The van der Waals surface area contributed by atoms with Gasteiger partial charge in [-0.05, 0) is 25.8 Å². The van der Waals surface area contributed by atoms with Gasteiger partial charge in [0, 0.05) is 12.2 Å². The number of carbonyl (C=O) groups is 2. The SMILES string of the molecule is CCCCNC(=O)c1c(C)[nH]c(C=O)c1C. The fraction of sp³-hybridized carbons (Fsp3) is 0.500. The van der Waals surface area contributed by atoms with E-state index in [0.717, 1.165) is 30.4 Å². The Bertz CT molecular complexity index is 394. The lowest BCUT2D eigenvalue weighted by Crippen LogP contribution is -2.25. The first kappa shape index (κ1) is 12.5. The van der Waals surface area contributed by atoms with Crippen LogP contribution >= 0.6 is 0 Å². The van der Waals surface area contributed by atoms with E-state index in [0.29, 0.717) is 17.8 Å².